The molecule has 214 valence electrons. The predicted molar refractivity (Wildman–Crippen MR) is 160 cm³/mol. The zero-order chi connectivity index (χ0) is 27.8. The van der Waals surface area contributed by atoms with Crippen LogP contribution in [0.25, 0.3) is 11.1 Å². The van der Waals surface area contributed by atoms with Crippen LogP contribution in [0.5, 0.6) is 0 Å². The van der Waals surface area contributed by atoms with Crippen LogP contribution in [-0.4, -0.2) is 48.8 Å². The molecule has 2 aliphatic rings. The molecular weight excluding hydrogens is 508 g/mol. The first kappa shape index (κ1) is 30.0. The van der Waals surface area contributed by atoms with E-state index >= 15 is 0 Å². The summed E-state index contributed by atoms with van der Waals surface area (Å²) in [4.78, 5) is 15.5. The van der Waals surface area contributed by atoms with Gasteiger partial charge in [0.25, 0.3) is 0 Å². The van der Waals surface area contributed by atoms with Crippen LogP contribution in [0, 0.1) is 11.8 Å². The number of rotatable bonds is 11. The van der Waals surface area contributed by atoms with Crippen molar-refractivity contribution in [2.24, 2.45) is 17.6 Å². The maximum Gasteiger partial charge on any atom is 0.222 e. The van der Waals surface area contributed by atoms with E-state index in [2.05, 4.69) is 31.2 Å². The van der Waals surface area contributed by atoms with Crippen LogP contribution in [-0.2, 0) is 21.6 Å². The Morgan fingerprint density at radius 3 is 2.64 bits per heavy atom. The minimum absolute atomic E-state index is 0.0657. The smallest absolute Gasteiger partial charge is 0.222 e. The molecule has 2 aromatic rings. The summed E-state index contributed by atoms with van der Waals surface area (Å²) < 4.78 is 5.31. The van der Waals surface area contributed by atoms with Gasteiger partial charge in [-0.1, -0.05) is 54.9 Å². The van der Waals surface area contributed by atoms with Crippen molar-refractivity contribution in [3.05, 3.63) is 58.6 Å². The molecular formula is C33H47ClN2O3. The molecule has 6 heteroatoms. The number of nitrogens with two attached hydrogens (primary N) is 1. The molecule has 2 fully saturated rings. The Morgan fingerprint density at radius 1 is 1.13 bits per heavy atom. The number of aryl methyl sites for hydroxylation is 1. The minimum Gasteiger partial charge on any atom is -0.385 e. The van der Waals surface area contributed by atoms with E-state index in [4.69, 9.17) is 22.1 Å². The highest BCUT2D eigenvalue weighted by molar-refractivity contribution is 6.33. The molecule has 0 radical (unpaired) electrons. The molecule has 1 saturated heterocycles. The first-order valence-electron chi connectivity index (χ1n) is 15.0. The predicted octanol–water partition coefficient (Wildman–Crippen LogP) is 6.72. The number of nitrogens with zero attached hydrogens (tertiary/aromatic N) is 1. The summed E-state index contributed by atoms with van der Waals surface area (Å²) in [6.07, 6.45) is 9.71. The molecule has 1 heterocycles. The fourth-order valence-electron chi connectivity index (χ4n) is 6.69. The Morgan fingerprint density at radius 2 is 1.90 bits per heavy atom. The Bertz CT molecular complexity index is 1080. The van der Waals surface area contributed by atoms with Crippen molar-refractivity contribution in [2.45, 2.75) is 89.2 Å². The topological polar surface area (TPSA) is 75.8 Å². The van der Waals surface area contributed by atoms with E-state index in [0.717, 1.165) is 81.0 Å². The van der Waals surface area contributed by atoms with Gasteiger partial charge in [-0.2, -0.15) is 0 Å². The summed E-state index contributed by atoms with van der Waals surface area (Å²) in [5, 5.41) is 13.3. The van der Waals surface area contributed by atoms with Gasteiger partial charge in [-0.15, -0.1) is 0 Å². The van der Waals surface area contributed by atoms with Crippen LogP contribution >= 0.6 is 11.6 Å². The summed E-state index contributed by atoms with van der Waals surface area (Å²) in [5.41, 5.74) is 9.04. The van der Waals surface area contributed by atoms with Crippen molar-refractivity contribution >= 4 is 17.5 Å². The molecule has 1 aliphatic heterocycles. The summed E-state index contributed by atoms with van der Waals surface area (Å²) in [6.45, 7) is 4.15. The third kappa shape index (κ3) is 7.43. The normalized spacial score (nSPS) is 23.4. The van der Waals surface area contributed by atoms with Crippen molar-refractivity contribution < 1.29 is 14.6 Å². The van der Waals surface area contributed by atoms with E-state index in [1.165, 1.54) is 5.56 Å². The van der Waals surface area contributed by atoms with E-state index in [1.54, 1.807) is 7.11 Å². The Balaban J connectivity index is 1.63. The molecule has 1 aliphatic carbocycles. The van der Waals surface area contributed by atoms with E-state index in [0.29, 0.717) is 36.9 Å². The second-order valence-corrected chi connectivity index (χ2v) is 12.2. The van der Waals surface area contributed by atoms with Gasteiger partial charge in [-0.25, -0.2) is 0 Å². The van der Waals surface area contributed by atoms with Crippen molar-refractivity contribution in [1.82, 2.24) is 4.90 Å². The molecule has 2 atom stereocenters. The van der Waals surface area contributed by atoms with Crippen LogP contribution in [0.3, 0.4) is 0 Å². The fraction of sp³-hybridized carbons (Fsp3) is 0.606. The lowest BCUT2D eigenvalue weighted by Crippen LogP contribution is -2.48. The van der Waals surface area contributed by atoms with Crippen LogP contribution in [0.2, 0.25) is 5.02 Å². The van der Waals surface area contributed by atoms with E-state index in [9.17, 15) is 9.90 Å². The number of carbonyl (C=O) groups excluding carboxylic acids is 1. The van der Waals surface area contributed by atoms with Crippen LogP contribution in [0.1, 0.15) is 82.3 Å². The van der Waals surface area contributed by atoms with Crippen LogP contribution in [0.4, 0.5) is 0 Å². The van der Waals surface area contributed by atoms with Gasteiger partial charge < -0.3 is 20.5 Å². The SMILES string of the molecule is CCc1cccc(-c2c(Cl)cccc2C(O)(CCCCOC)C2CCCN(C(=O)CC3CCC(N)CC3)C2)c1. The summed E-state index contributed by atoms with van der Waals surface area (Å²) >= 11 is 6.88. The van der Waals surface area contributed by atoms with Crippen LogP contribution < -0.4 is 5.73 Å². The Hall–Kier alpha value is -1.92. The largest absolute Gasteiger partial charge is 0.385 e. The Kier molecular flexibility index (Phi) is 10.9. The van der Waals surface area contributed by atoms with Gasteiger partial charge in [0.05, 0.1) is 5.60 Å². The lowest BCUT2D eigenvalue weighted by atomic mass is 9.72. The highest BCUT2D eigenvalue weighted by Gasteiger charge is 2.43. The molecule has 1 amide bonds. The van der Waals surface area contributed by atoms with Gasteiger partial charge in [0.15, 0.2) is 0 Å². The molecule has 39 heavy (non-hydrogen) atoms. The first-order chi connectivity index (χ1) is 18.9. The molecule has 0 aromatic heterocycles. The number of ether oxygens (including phenoxy) is 1. The van der Waals surface area contributed by atoms with Gasteiger partial charge in [-0.05, 0) is 92.9 Å². The molecule has 0 spiro atoms. The number of amides is 1. The number of hydrogen-bond acceptors (Lipinski definition) is 4. The average Bonchev–Trinajstić information content (AvgIpc) is 2.96. The summed E-state index contributed by atoms with van der Waals surface area (Å²) in [7, 11) is 1.71. The fourth-order valence-corrected chi connectivity index (χ4v) is 6.97. The van der Waals surface area contributed by atoms with Gasteiger partial charge in [0, 0.05) is 55.8 Å². The Labute approximate surface area is 240 Å². The quantitative estimate of drug-likeness (QED) is 0.302. The lowest BCUT2D eigenvalue weighted by molar-refractivity contribution is -0.138. The minimum atomic E-state index is -1.10. The monoisotopic (exact) mass is 554 g/mol. The lowest BCUT2D eigenvalue weighted by Gasteiger charge is -2.44. The van der Waals surface area contributed by atoms with Crippen molar-refractivity contribution in [3.8, 4) is 11.1 Å². The van der Waals surface area contributed by atoms with Gasteiger partial charge in [0.2, 0.25) is 5.91 Å². The number of aliphatic hydroxyl groups is 1. The second-order valence-electron chi connectivity index (χ2n) is 11.8. The number of unbranched alkanes of at least 4 members (excludes halogenated alkanes) is 1. The number of methoxy groups -OCH3 is 1. The molecule has 4 rings (SSSR count). The summed E-state index contributed by atoms with van der Waals surface area (Å²) in [5.74, 6) is 0.587. The maximum absolute atomic E-state index is 13.4. The number of hydrogen-bond donors (Lipinski definition) is 2. The standard InChI is InChI=1S/C33H47ClN2O3/c1-3-24-9-6-10-26(21-24)32-29(12-7-13-30(32)34)33(38,18-4-5-20-39-2)27-11-8-19-36(23-27)31(37)22-25-14-16-28(35)17-15-25/h6-7,9-10,12-13,21,25,27-28,38H,3-5,8,11,14-20,22-23,35H2,1-2H3. The van der Waals surface area contributed by atoms with E-state index in [-0.39, 0.29) is 17.9 Å². The molecule has 0 bridgehead atoms. The van der Waals surface area contributed by atoms with Crippen molar-refractivity contribution in [2.75, 3.05) is 26.8 Å². The third-order valence-corrected chi connectivity index (χ3v) is 9.38. The zero-order valence-electron chi connectivity index (χ0n) is 23.8. The van der Waals surface area contributed by atoms with Gasteiger partial charge in [-0.3, -0.25) is 4.79 Å². The first-order valence-corrected chi connectivity index (χ1v) is 15.4. The van der Waals surface area contributed by atoms with E-state index in [1.807, 2.05) is 23.1 Å². The van der Waals surface area contributed by atoms with E-state index < -0.39 is 5.60 Å². The van der Waals surface area contributed by atoms with Crippen molar-refractivity contribution in [1.29, 1.82) is 0 Å². The molecule has 1 saturated carbocycles. The number of halogens is 1. The number of benzene rings is 2. The number of piperidine rings is 1. The molecule has 2 aromatic carbocycles. The zero-order valence-corrected chi connectivity index (χ0v) is 24.6. The third-order valence-electron chi connectivity index (χ3n) is 9.06. The highest BCUT2D eigenvalue weighted by atomic mass is 35.5. The summed E-state index contributed by atoms with van der Waals surface area (Å²) in [6, 6.07) is 14.7. The van der Waals surface area contributed by atoms with Crippen molar-refractivity contribution in [3.63, 3.8) is 0 Å². The maximum atomic E-state index is 13.4. The number of likely N-dealkylation sites (tertiary alicyclic amines) is 1. The molecule has 5 nitrogen and oxygen atoms in total. The second kappa shape index (κ2) is 14.1. The average molecular weight is 555 g/mol. The molecule has 3 N–H and O–H groups in total. The molecule has 2 unspecified atom stereocenters. The number of carbonyl (C=O) groups is 1. The van der Waals surface area contributed by atoms with Crippen LogP contribution in [0.15, 0.2) is 42.5 Å². The highest BCUT2D eigenvalue weighted by Crippen LogP contribution is 2.46. The van der Waals surface area contributed by atoms with Gasteiger partial charge >= 0.3 is 0 Å². The van der Waals surface area contributed by atoms with Gasteiger partial charge in [0.1, 0.15) is 0 Å².